The third-order valence-corrected chi connectivity index (χ3v) is 9.04. The summed E-state index contributed by atoms with van der Waals surface area (Å²) in [7, 11) is 0. The molecule has 0 saturated heterocycles. The summed E-state index contributed by atoms with van der Waals surface area (Å²) in [5, 5.41) is 15.7. The van der Waals surface area contributed by atoms with Crippen molar-refractivity contribution in [2.24, 2.45) is 0 Å². The van der Waals surface area contributed by atoms with E-state index in [2.05, 4.69) is 151 Å². The summed E-state index contributed by atoms with van der Waals surface area (Å²) in [6, 6.07) is 45.2. The van der Waals surface area contributed by atoms with Gasteiger partial charge in [-0.3, -0.25) is 0 Å². The van der Waals surface area contributed by atoms with Crippen molar-refractivity contribution in [2.45, 2.75) is 6.92 Å². The normalized spacial score (nSPS) is 11.9. The molecule has 0 aliphatic rings. The minimum atomic E-state index is 1.26. The van der Waals surface area contributed by atoms with Crippen LogP contribution in [0, 0.1) is 10.5 Å². The Morgan fingerprint density at radius 2 is 1.05 bits per heavy atom. The molecule has 0 radical (unpaired) electrons. The third-order valence-electron chi connectivity index (χ3n) is 8.14. The van der Waals surface area contributed by atoms with Crippen LogP contribution in [-0.4, -0.2) is 0 Å². The lowest BCUT2D eigenvalue weighted by molar-refractivity contribution is 1.56. The van der Waals surface area contributed by atoms with E-state index in [1.807, 2.05) is 0 Å². The smallest absolute Gasteiger partial charge is 0.0215 e. The average Bonchev–Trinajstić information content (AvgIpc) is 2.95. The Labute approximate surface area is 234 Å². The molecular weight excluding hydrogens is 571 g/mol. The van der Waals surface area contributed by atoms with E-state index in [0.717, 1.165) is 0 Å². The van der Waals surface area contributed by atoms with E-state index in [1.165, 1.54) is 84.9 Å². The molecule has 0 atom stereocenters. The van der Waals surface area contributed by atoms with Crippen molar-refractivity contribution in [3.8, 4) is 11.1 Å². The first-order valence-electron chi connectivity index (χ1n) is 13.0. The zero-order valence-corrected chi connectivity index (χ0v) is 23.1. The largest absolute Gasteiger partial charge is 0.0616 e. The van der Waals surface area contributed by atoms with Crippen LogP contribution < -0.4 is 0 Å². The number of hydrogen-bond donors (Lipinski definition) is 0. The van der Waals surface area contributed by atoms with Gasteiger partial charge in [-0.05, 0) is 147 Å². The van der Waals surface area contributed by atoms with Crippen LogP contribution in [0.15, 0.2) is 121 Å². The van der Waals surface area contributed by atoms with Crippen molar-refractivity contribution < 1.29 is 0 Å². The molecule has 0 heterocycles. The molecule has 0 spiro atoms. The summed E-state index contributed by atoms with van der Waals surface area (Å²) >= 11 is 2.51. The highest BCUT2D eigenvalue weighted by atomic mass is 127. The summed E-state index contributed by atoms with van der Waals surface area (Å²) in [6.45, 7) is 2.21. The molecular formula is C37H23I. The quantitative estimate of drug-likeness (QED) is 0.101. The lowest BCUT2D eigenvalue weighted by atomic mass is 9.91. The van der Waals surface area contributed by atoms with Gasteiger partial charge in [-0.25, -0.2) is 0 Å². The maximum absolute atomic E-state index is 2.51. The monoisotopic (exact) mass is 594 g/mol. The minimum Gasteiger partial charge on any atom is -0.0616 e. The molecule has 0 aromatic heterocycles. The Bertz CT molecular complexity index is 2260. The van der Waals surface area contributed by atoms with Gasteiger partial charge in [0.1, 0.15) is 0 Å². The van der Waals surface area contributed by atoms with Gasteiger partial charge in [0, 0.05) is 3.57 Å². The van der Waals surface area contributed by atoms with Crippen LogP contribution in [0.1, 0.15) is 5.56 Å². The van der Waals surface area contributed by atoms with Gasteiger partial charge < -0.3 is 0 Å². The summed E-state index contributed by atoms with van der Waals surface area (Å²) < 4.78 is 1.29. The molecule has 0 bridgehead atoms. The fourth-order valence-corrected chi connectivity index (χ4v) is 7.04. The number of halogens is 1. The highest BCUT2D eigenvalue weighted by Gasteiger charge is 2.12. The molecule has 1 heteroatoms. The average molecular weight is 594 g/mol. The van der Waals surface area contributed by atoms with Gasteiger partial charge in [0.15, 0.2) is 0 Å². The van der Waals surface area contributed by atoms with Crippen LogP contribution in [0.3, 0.4) is 0 Å². The fraction of sp³-hybridized carbons (Fsp3) is 0.0270. The Hall–Kier alpha value is -3.95. The third kappa shape index (κ3) is 3.28. The maximum Gasteiger partial charge on any atom is 0.0215 e. The van der Waals surface area contributed by atoms with Gasteiger partial charge >= 0.3 is 0 Å². The molecule has 178 valence electrons. The standard InChI is InChI=1S/C37H23I/c1-22-15-28-16-25-13-14-26(17-27(25)20-33(28)31-10-5-4-9-29(22)31)30-11-6-12-32-34-18-23-7-2-3-8-24(23)19-36(34)37(38)21-35(30)32/h2-21H,1H3. The second kappa shape index (κ2) is 8.28. The Morgan fingerprint density at radius 3 is 1.89 bits per heavy atom. The second-order valence-corrected chi connectivity index (χ2v) is 11.5. The van der Waals surface area contributed by atoms with Crippen LogP contribution in [0.2, 0.25) is 0 Å². The number of rotatable bonds is 1. The molecule has 0 N–H and O–H groups in total. The Balaban J connectivity index is 1.39. The number of hydrogen-bond acceptors (Lipinski definition) is 0. The number of fused-ring (bicyclic) bond motifs is 8. The minimum absolute atomic E-state index is 1.26. The van der Waals surface area contributed by atoms with Gasteiger partial charge in [0.05, 0.1) is 0 Å². The first-order chi connectivity index (χ1) is 18.6. The zero-order chi connectivity index (χ0) is 25.4. The van der Waals surface area contributed by atoms with Crippen molar-refractivity contribution >= 4 is 87.2 Å². The van der Waals surface area contributed by atoms with Gasteiger partial charge in [0.2, 0.25) is 0 Å². The molecule has 0 amide bonds. The maximum atomic E-state index is 2.51. The van der Waals surface area contributed by atoms with Crippen molar-refractivity contribution in [2.75, 3.05) is 0 Å². The number of benzene rings is 8. The molecule has 8 aromatic carbocycles. The Kier molecular flexibility index (Phi) is 4.81. The van der Waals surface area contributed by atoms with E-state index in [-0.39, 0.29) is 0 Å². The topological polar surface area (TPSA) is 0 Å². The SMILES string of the molecule is Cc1cc2cc3ccc(-c4cccc5c4cc(I)c4cc6ccccc6cc45)cc3cc2c2ccccc12. The zero-order valence-electron chi connectivity index (χ0n) is 20.9. The predicted octanol–water partition coefficient (Wildman–Crippen LogP) is 11.2. The Morgan fingerprint density at radius 1 is 0.395 bits per heavy atom. The van der Waals surface area contributed by atoms with Crippen LogP contribution in [0.5, 0.6) is 0 Å². The summed E-state index contributed by atoms with van der Waals surface area (Å²) in [5.41, 5.74) is 3.87. The first kappa shape index (κ1) is 22.1. The van der Waals surface area contributed by atoms with Gasteiger partial charge in [0.25, 0.3) is 0 Å². The van der Waals surface area contributed by atoms with Crippen molar-refractivity contribution in [1.29, 1.82) is 0 Å². The number of aryl methyl sites for hydroxylation is 1. The van der Waals surface area contributed by atoms with E-state index in [4.69, 9.17) is 0 Å². The van der Waals surface area contributed by atoms with Crippen molar-refractivity contribution in [3.05, 3.63) is 130 Å². The molecule has 8 aromatic rings. The van der Waals surface area contributed by atoms with Crippen LogP contribution in [0.4, 0.5) is 0 Å². The molecule has 0 aliphatic carbocycles. The van der Waals surface area contributed by atoms with Crippen molar-refractivity contribution in [3.63, 3.8) is 0 Å². The molecule has 38 heavy (non-hydrogen) atoms. The fourth-order valence-electron chi connectivity index (χ4n) is 6.28. The van der Waals surface area contributed by atoms with E-state index in [0.29, 0.717) is 0 Å². The summed E-state index contributed by atoms with van der Waals surface area (Å²) in [6.07, 6.45) is 0. The van der Waals surface area contributed by atoms with Gasteiger partial charge in [-0.2, -0.15) is 0 Å². The lowest BCUT2D eigenvalue weighted by Crippen LogP contribution is -1.88. The highest BCUT2D eigenvalue weighted by Crippen LogP contribution is 2.39. The second-order valence-electron chi connectivity index (χ2n) is 10.4. The molecule has 8 rings (SSSR count). The highest BCUT2D eigenvalue weighted by molar-refractivity contribution is 14.1. The van der Waals surface area contributed by atoms with Gasteiger partial charge in [-0.1, -0.05) is 84.9 Å². The molecule has 0 fully saturated rings. The van der Waals surface area contributed by atoms with E-state index >= 15 is 0 Å². The summed E-state index contributed by atoms with van der Waals surface area (Å²) in [4.78, 5) is 0. The molecule has 0 nitrogen and oxygen atoms in total. The van der Waals surface area contributed by atoms with E-state index in [9.17, 15) is 0 Å². The van der Waals surface area contributed by atoms with E-state index in [1.54, 1.807) is 0 Å². The van der Waals surface area contributed by atoms with Gasteiger partial charge in [-0.15, -0.1) is 0 Å². The van der Waals surface area contributed by atoms with Crippen LogP contribution in [-0.2, 0) is 0 Å². The molecule has 0 unspecified atom stereocenters. The summed E-state index contributed by atoms with van der Waals surface area (Å²) in [5.74, 6) is 0. The lowest BCUT2D eigenvalue weighted by Gasteiger charge is -2.14. The predicted molar refractivity (Wildman–Crippen MR) is 174 cm³/mol. The van der Waals surface area contributed by atoms with E-state index < -0.39 is 0 Å². The molecule has 0 saturated carbocycles. The van der Waals surface area contributed by atoms with Crippen LogP contribution >= 0.6 is 22.6 Å². The van der Waals surface area contributed by atoms with Crippen molar-refractivity contribution in [1.82, 2.24) is 0 Å². The molecule has 0 aliphatic heterocycles. The first-order valence-corrected chi connectivity index (χ1v) is 14.1. The van der Waals surface area contributed by atoms with Crippen LogP contribution in [0.25, 0.3) is 75.8 Å².